The third-order valence-electron chi connectivity index (χ3n) is 17.8. The summed E-state index contributed by atoms with van der Waals surface area (Å²) in [5.41, 5.74) is 46.3. The number of benzene rings is 6. The second-order valence-electron chi connectivity index (χ2n) is 29.1. The van der Waals surface area contributed by atoms with Gasteiger partial charge in [-0.15, -0.1) is 0 Å². The fraction of sp³-hybridized carbons (Fsp3) is 0.330. The maximum absolute atomic E-state index is 11.9. The number of carbonyl (C=O) groups is 7. The van der Waals surface area contributed by atoms with E-state index >= 15 is 0 Å². The van der Waals surface area contributed by atoms with E-state index in [1.165, 1.54) is 73.1 Å². The normalized spacial score (nSPS) is 9.90. The summed E-state index contributed by atoms with van der Waals surface area (Å²) in [6.07, 6.45) is 14.4. The number of amides is 3. The Balaban J connectivity index is -0.00000144. The average molecular weight is 1960 g/mol. The smallest absolute Gasteiger partial charge is 0.391 e. The number of nitriles is 1. The minimum atomic E-state index is -1.11. The molecule has 1 saturated heterocycles. The standard InChI is InChI=1S/C19H23N3O3.C9H11NO2.2C9H13NO.C9H10O3.2C8H12N2.C8H8N2.C8H8O3.C6H6BrN.C4H5ClO3.C4H8O.2CH4.B/c1-13-4-6-15(17(10-13)25-3)12-22-19(24)18(23)20-9-8-16-7-5-14(2)11-21-16;1-6-3-4-7(9(10)11)8(5-6)12-2;2*1-7-3-4-8(6-10)9(5-7)11-2;1-6-3-4-7(9(10)11)8(5-6)12-2;3*1-7-2-3-8(4-5-9)10-6-7;1-5-2-3-6(8(10)11)7(9)4-5;1-5-2-3-6(7)8-4-5;1-2-8-4(7)3(5)6;1-2-4-5-3-1;;;/h4-7,10-11H,8-9,12H2,1-3H3,(H,20,23)(H,22,24);3-5H,1-2H3,(H2,10,11);2*3-5H,6,10H2,1-2H3;3-5H,1-2H3,(H,10,11);2*2-3,6H,4-5,9H2,1H3;2-3,6H,4H2,1H3;2-4,9H,1H3,(H,10,11);2-4H,1H3;2H2,1H3;1-4H2;2*1H4;. The van der Waals surface area contributed by atoms with E-state index in [4.69, 9.17) is 89.3 Å². The fourth-order valence-electron chi connectivity index (χ4n) is 10.5. The molecule has 6 aromatic carbocycles. The third kappa shape index (κ3) is 55.2. The van der Waals surface area contributed by atoms with E-state index in [2.05, 4.69) is 68.4 Å². The van der Waals surface area contributed by atoms with Gasteiger partial charge < -0.3 is 87.8 Å². The number of aryl methyl sites for hydroxylation is 11. The van der Waals surface area contributed by atoms with Crippen LogP contribution < -0.4 is 63.0 Å². The van der Waals surface area contributed by atoms with Crippen molar-refractivity contribution in [1.29, 1.82) is 5.26 Å². The minimum Gasteiger partial charge on any atom is -0.507 e. The van der Waals surface area contributed by atoms with Crippen molar-refractivity contribution in [3.8, 4) is 40.6 Å². The second-order valence-corrected chi connectivity index (χ2v) is 30.3. The number of nitrogens with two attached hydrogens (primary N) is 5. The van der Waals surface area contributed by atoms with Gasteiger partial charge in [-0.3, -0.25) is 39.1 Å². The molecule has 1 aliphatic heterocycles. The molecule has 0 spiro atoms. The first-order valence-corrected chi connectivity index (χ1v) is 43.3. The molecular formula is C103H137BBrClN13O17. The van der Waals surface area contributed by atoms with Crippen LogP contribution in [0.5, 0.6) is 34.5 Å². The van der Waals surface area contributed by atoms with Crippen molar-refractivity contribution in [2.24, 2.45) is 28.7 Å². The van der Waals surface area contributed by atoms with E-state index in [9.17, 15) is 33.6 Å². The molecule has 33 heteroatoms. The Kier molecular flexibility index (Phi) is 68.8. The predicted molar refractivity (Wildman–Crippen MR) is 542 cm³/mol. The number of carboxylic acid groups (broad SMARTS) is 2. The lowest BCUT2D eigenvalue weighted by molar-refractivity contribution is -0.149. The van der Waals surface area contributed by atoms with Crippen LogP contribution in [0.3, 0.4) is 0 Å². The molecule has 0 bridgehead atoms. The Morgan fingerprint density at radius 3 is 1.07 bits per heavy atom. The van der Waals surface area contributed by atoms with Crippen LogP contribution in [-0.2, 0) is 74.0 Å². The molecule has 6 heterocycles. The van der Waals surface area contributed by atoms with Crippen molar-refractivity contribution in [3.05, 3.63) is 323 Å². The number of aromatic hydroxyl groups is 1. The first-order valence-electron chi connectivity index (χ1n) is 42.1. The van der Waals surface area contributed by atoms with Gasteiger partial charge in [-0.2, -0.15) is 5.26 Å². The lowest BCUT2D eigenvalue weighted by atomic mass is 10.1. The van der Waals surface area contributed by atoms with Crippen LogP contribution >= 0.6 is 27.5 Å². The number of halogens is 2. The second kappa shape index (κ2) is 73.9. The van der Waals surface area contributed by atoms with E-state index in [0.29, 0.717) is 68.4 Å². The predicted octanol–water partition coefficient (Wildman–Crippen LogP) is 16.2. The van der Waals surface area contributed by atoms with Crippen LogP contribution in [0.2, 0.25) is 0 Å². The molecule has 3 amide bonds. The largest absolute Gasteiger partial charge is 0.507 e. The van der Waals surface area contributed by atoms with Gasteiger partial charge in [-0.1, -0.05) is 99.8 Å². The molecule has 11 aromatic rings. The van der Waals surface area contributed by atoms with Crippen molar-refractivity contribution in [1.82, 2.24) is 35.6 Å². The van der Waals surface area contributed by atoms with Gasteiger partial charge in [0, 0.05) is 132 Å². The van der Waals surface area contributed by atoms with Crippen LogP contribution in [0, 0.1) is 87.5 Å². The number of hydrogen-bond acceptors (Lipinski definition) is 25. The fourth-order valence-corrected chi connectivity index (χ4v) is 10.8. The summed E-state index contributed by atoms with van der Waals surface area (Å²) >= 11 is 7.93. The molecule has 12 rings (SSSR count). The molecule has 30 nitrogen and oxygen atoms in total. The first-order chi connectivity index (χ1) is 63.4. The Hall–Kier alpha value is -13.5. The molecule has 5 aromatic heterocycles. The number of primary amides is 1. The van der Waals surface area contributed by atoms with Gasteiger partial charge in [0.1, 0.15) is 50.2 Å². The SMILES string of the molecule is C.C.C1CCOC1.CCOC(=O)C(=O)Cl.COc1cc(C)ccc1C(=O)O.COc1cc(C)ccc1C(N)=O.COc1cc(C)ccc1CN.COc1cc(C)ccc1CN.COc1cc(C)ccc1CNC(=O)C(=O)NCCc1ccc(C)cn1.Cc1ccc(Br)nc1.Cc1ccc(C(=O)O)c(O)c1.Cc1ccc(CC#N)nc1.Cc1ccc(CCN)nc1.Cc1ccc(CCN)nc1.[B]. The molecule has 0 unspecified atom stereocenters. The van der Waals surface area contributed by atoms with Gasteiger partial charge in [0.2, 0.25) is 0 Å². The summed E-state index contributed by atoms with van der Waals surface area (Å²) in [5.74, 6) is -1.65. The number of aromatic nitrogens is 5. The van der Waals surface area contributed by atoms with Gasteiger partial charge in [0.15, 0.2) is 0 Å². The zero-order chi connectivity index (χ0) is 99.8. The van der Waals surface area contributed by atoms with Crippen LogP contribution in [-0.4, -0.2) is 165 Å². The molecule has 0 saturated carbocycles. The van der Waals surface area contributed by atoms with Crippen molar-refractivity contribution in [2.75, 3.05) is 75.0 Å². The minimum absolute atomic E-state index is 0. The van der Waals surface area contributed by atoms with Crippen molar-refractivity contribution in [2.45, 2.75) is 156 Å². The summed E-state index contributed by atoms with van der Waals surface area (Å²) in [6.45, 7) is 28.4. The number of phenols is 1. The number of esters is 1. The summed E-state index contributed by atoms with van der Waals surface area (Å²) in [5, 5.41) is 38.7. The van der Waals surface area contributed by atoms with E-state index in [0.717, 1.165) is 115 Å². The van der Waals surface area contributed by atoms with E-state index in [1.807, 2.05) is 203 Å². The van der Waals surface area contributed by atoms with Gasteiger partial charge in [0.05, 0.1) is 65.9 Å². The summed E-state index contributed by atoms with van der Waals surface area (Å²) in [6, 6.07) is 54.2. The Morgan fingerprint density at radius 1 is 0.441 bits per heavy atom. The number of rotatable bonds is 22. The van der Waals surface area contributed by atoms with Crippen LogP contribution in [0.25, 0.3) is 0 Å². The third-order valence-corrected chi connectivity index (χ3v) is 18.4. The molecule has 1 aliphatic rings. The van der Waals surface area contributed by atoms with Crippen LogP contribution in [0.4, 0.5) is 0 Å². The Labute approximate surface area is 817 Å². The molecule has 136 heavy (non-hydrogen) atoms. The van der Waals surface area contributed by atoms with Gasteiger partial charge in [0.25, 0.3) is 5.91 Å². The van der Waals surface area contributed by atoms with E-state index < -0.39 is 40.9 Å². The molecule has 15 N–H and O–H groups in total. The molecular weight excluding hydrogens is 1820 g/mol. The number of nitrogens with one attached hydrogen (secondary N) is 2. The average Bonchev–Trinajstić information content (AvgIpc) is 0.955. The summed E-state index contributed by atoms with van der Waals surface area (Å²) in [7, 11) is 7.87. The maximum Gasteiger partial charge on any atom is 0.391 e. The quantitative estimate of drug-likeness (QED) is 0.00990. The number of carbonyl (C=O) groups excluding carboxylic acids is 5. The highest BCUT2D eigenvalue weighted by molar-refractivity contribution is 9.10. The monoisotopic (exact) mass is 1950 g/mol. The lowest BCUT2D eigenvalue weighted by Crippen LogP contribution is -2.40. The number of aromatic carboxylic acids is 2. The number of carboxylic acids is 2. The van der Waals surface area contributed by atoms with Crippen molar-refractivity contribution >= 4 is 76.8 Å². The zero-order valence-electron chi connectivity index (χ0n) is 79.6. The zero-order valence-corrected chi connectivity index (χ0v) is 82.0. The molecule has 0 aliphatic carbocycles. The van der Waals surface area contributed by atoms with Crippen LogP contribution in [0.15, 0.2) is 205 Å². The number of nitrogens with zero attached hydrogens (tertiary/aromatic N) is 6. The molecule has 1 fully saturated rings. The highest BCUT2D eigenvalue weighted by atomic mass is 79.9. The highest BCUT2D eigenvalue weighted by Crippen LogP contribution is 2.24. The summed E-state index contributed by atoms with van der Waals surface area (Å²) < 4.78 is 35.5. The highest BCUT2D eigenvalue weighted by Gasteiger charge is 2.16. The molecule has 733 valence electrons. The number of ether oxygens (including phenoxy) is 7. The van der Waals surface area contributed by atoms with E-state index in [1.54, 1.807) is 77.9 Å². The number of pyridine rings is 5. The summed E-state index contributed by atoms with van der Waals surface area (Å²) in [4.78, 5) is 96.1. The Bertz CT molecular complexity index is 5160. The lowest BCUT2D eigenvalue weighted by Gasteiger charge is -2.10. The molecule has 0 atom stereocenters. The van der Waals surface area contributed by atoms with Gasteiger partial charge >= 0.3 is 35.0 Å². The first kappa shape index (κ1) is 127. The Morgan fingerprint density at radius 2 is 0.765 bits per heavy atom. The number of hydrogen-bond donors (Lipinski definition) is 10. The van der Waals surface area contributed by atoms with Crippen molar-refractivity contribution < 1.29 is 82.0 Å². The maximum atomic E-state index is 11.9. The van der Waals surface area contributed by atoms with Crippen LogP contribution in [0.1, 0.15) is 166 Å². The van der Waals surface area contributed by atoms with Crippen molar-refractivity contribution in [3.63, 3.8) is 0 Å². The topological polar surface area (TPSA) is 487 Å². The number of methoxy groups -OCH3 is 5. The van der Waals surface area contributed by atoms with Gasteiger partial charge in [-0.25, -0.2) is 19.4 Å². The van der Waals surface area contributed by atoms with Gasteiger partial charge in [-0.05, 0) is 283 Å². The van der Waals surface area contributed by atoms with E-state index in [-0.39, 0.29) is 53.3 Å². The molecule has 3 radical (unpaired) electrons.